The van der Waals surface area contributed by atoms with Crippen molar-refractivity contribution < 1.29 is 14.5 Å². The molecule has 9 heteroatoms. The number of hydrogen-bond donors (Lipinski definition) is 1. The Morgan fingerprint density at radius 1 is 1.04 bits per heavy atom. The Labute approximate surface area is 158 Å². The van der Waals surface area contributed by atoms with Crippen LogP contribution in [0.3, 0.4) is 0 Å². The quantitative estimate of drug-likeness (QED) is 0.630. The van der Waals surface area contributed by atoms with E-state index in [9.17, 15) is 19.7 Å². The van der Waals surface area contributed by atoms with E-state index in [2.05, 4.69) is 5.32 Å². The van der Waals surface area contributed by atoms with Crippen LogP contribution in [0.2, 0.25) is 0 Å². The second-order valence-corrected chi connectivity index (χ2v) is 6.42. The fraction of sp³-hybridized carbons (Fsp3) is 0.529. The Hall–Kier alpha value is -2.19. The van der Waals surface area contributed by atoms with E-state index in [1.807, 2.05) is 4.90 Å². The van der Waals surface area contributed by atoms with Gasteiger partial charge >= 0.3 is 0 Å². The highest BCUT2D eigenvalue weighted by atomic mass is 35.5. The second-order valence-electron chi connectivity index (χ2n) is 6.42. The molecule has 1 aromatic rings. The van der Waals surface area contributed by atoms with E-state index >= 15 is 0 Å². The number of nitro groups is 1. The van der Waals surface area contributed by atoms with Gasteiger partial charge < -0.3 is 15.1 Å². The van der Waals surface area contributed by atoms with Gasteiger partial charge in [0.25, 0.3) is 11.6 Å². The van der Waals surface area contributed by atoms with Gasteiger partial charge in [-0.2, -0.15) is 0 Å². The Kier molecular flexibility index (Phi) is 6.93. The summed E-state index contributed by atoms with van der Waals surface area (Å²) in [5.41, 5.74) is 0.395. The molecule has 0 saturated carbocycles. The highest BCUT2D eigenvalue weighted by Crippen LogP contribution is 2.16. The number of benzene rings is 1. The molecule has 0 bridgehead atoms. The first kappa shape index (κ1) is 20.1. The molecule has 0 aromatic heterocycles. The zero-order chi connectivity index (χ0) is 17.8. The van der Waals surface area contributed by atoms with Crippen molar-refractivity contribution in [2.75, 3.05) is 32.7 Å². The molecule has 1 atom stereocenters. The van der Waals surface area contributed by atoms with Gasteiger partial charge in [0, 0.05) is 43.9 Å². The summed E-state index contributed by atoms with van der Waals surface area (Å²) in [5, 5.41) is 13.9. The minimum atomic E-state index is -0.488. The van der Waals surface area contributed by atoms with Gasteiger partial charge in [0.05, 0.1) is 11.0 Å². The standard InChI is InChI=1S/C17H22N4O4.ClH/c22-16(13-4-6-14(7-5-13)21(24)25)19-9-11-20(12-10-19)17(23)15-3-1-2-8-18-15;/h4-7,15,18H,1-3,8-12H2;1H. The van der Waals surface area contributed by atoms with E-state index in [1.54, 1.807) is 4.90 Å². The summed E-state index contributed by atoms with van der Waals surface area (Å²) in [4.78, 5) is 38.7. The van der Waals surface area contributed by atoms with Crippen molar-refractivity contribution in [2.45, 2.75) is 25.3 Å². The van der Waals surface area contributed by atoms with Crippen LogP contribution in [0.4, 0.5) is 5.69 Å². The molecular formula is C17H23ClN4O4. The van der Waals surface area contributed by atoms with Crippen LogP contribution >= 0.6 is 12.4 Å². The number of non-ortho nitro benzene ring substituents is 1. The SMILES string of the molecule is Cl.O=C(c1ccc([N+](=O)[O-])cc1)N1CCN(C(=O)C2CCCCN2)CC1. The summed E-state index contributed by atoms with van der Waals surface area (Å²) in [5.74, 6) is -0.0278. The summed E-state index contributed by atoms with van der Waals surface area (Å²) in [6, 6.07) is 5.53. The van der Waals surface area contributed by atoms with E-state index in [0.717, 1.165) is 25.8 Å². The number of nitrogens with one attached hydrogen (secondary N) is 1. The lowest BCUT2D eigenvalue weighted by Crippen LogP contribution is -2.55. The van der Waals surface area contributed by atoms with Crippen LogP contribution in [0.15, 0.2) is 24.3 Å². The Bertz CT molecular complexity index is 653. The van der Waals surface area contributed by atoms with Gasteiger partial charge in [0.2, 0.25) is 5.91 Å². The van der Waals surface area contributed by atoms with Gasteiger partial charge in [-0.3, -0.25) is 19.7 Å². The molecule has 1 unspecified atom stereocenters. The molecule has 26 heavy (non-hydrogen) atoms. The third-order valence-corrected chi connectivity index (χ3v) is 4.81. The summed E-state index contributed by atoms with van der Waals surface area (Å²) < 4.78 is 0. The Balaban J connectivity index is 0.00000243. The van der Waals surface area contributed by atoms with Gasteiger partial charge in [-0.05, 0) is 31.5 Å². The summed E-state index contributed by atoms with van der Waals surface area (Å²) in [6.45, 7) is 2.89. The predicted octanol–water partition coefficient (Wildman–Crippen LogP) is 1.44. The number of carbonyl (C=O) groups excluding carboxylic acids is 2. The molecule has 2 fully saturated rings. The minimum Gasteiger partial charge on any atom is -0.338 e. The number of halogens is 1. The molecule has 2 amide bonds. The van der Waals surface area contributed by atoms with Crippen molar-refractivity contribution in [1.29, 1.82) is 0 Å². The maximum absolute atomic E-state index is 12.5. The van der Waals surface area contributed by atoms with E-state index < -0.39 is 4.92 Å². The smallest absolute Gasteiger partial charge is 0.269 e. The zero-order valence-electron chi connectivity index (χ0n) is 14.4. The first-order valence-corrected chi connectivity index (χ1v) is 8.62. The molecule has 1 aromatic carbocycles. The first-order valence-electron chi connectivity index (χ1n) is 8.62. The van der Waals surface area contributed by atoms with Gasteiger partial charge in [-0.1, -0.05) is 6.42 Å². The van der Waals surface area contributed by atoms with Crippen molar-refractivity contribution in [3.05, 3.63) is 39.9 Å². The fourth-order valence-electron chi connectivity index (χ4n) is 3.32. The van der Waals surface area contributed by atoms with Crippen LogP contribution < -0.4 is 5.32 Å². The van der Waals surface area contributed by atoms with Crippen LogP contribution in [-0.2, 0) is 4.79 Å². The van der Waals surface area contributed by atoms with E-state index in [1.165, 1.54) is 24.3 Å². The molecule has 1 N–H and O–H groups in total. The van der Waals surface area contributed by atoms with E-state index in [-0.39, 0.29) is 36.0 Å². The Morgan fingerprint density at radius 2 is 1.65 bits per heavy atom. The van der Waals surface area contributed by atoms with Crippen molar-refractivity contribution in [1.82, 2.24) is 15.1 Å². The normalized spacial score (nSPS) is 20.2. The number of piperazine rings is 1. The van der Waals surface area contributed by atoms with Crippen LogP contribution in [0.5, 0.6) is 0 Å². The zero-order valence-corrected chi connectivity index (χ0v) is 15.2. The second kappa shape index (κ2) is 8.95. The number of rotatable bonds is 3. The predicted molar refractivity (Wildman–Crippen MR) is 98.5 cm³/mol. The van der Waals surface area contributed by atoms with Crippen molar-refractivity contribution >= 4 is 29.9 Å². The van der Waals surface area contributed by atoms with E-state index in [0.29, 0.717) is 31.7 Å². The van der Waals surface area contributed by atoms with Crippen LogP contribution in [0, 0.1) is 10.1 Å². The number of nitrogens with zero attached hydrogens (tertiary/aromatic N) is 3. The highest BCUT2D eigenvalue weighted by molar-refractivity contribution is 5.94. The molecular weight excluding hydrogens is 360 g/mol. The molecule has 0 radical (unpaired) electrons. The topological polar surface area (TPSA) is 95.8 Å². The molecule has 0 aliphatic carbocycles. The number of piperidine rings is 1. The average Bonchev–Trinajstić information content (AvgIpc) is 2.67. The minimum absolute atomic E-state index is 0. The van der Waals surface area contributed by atoms with Crippen LogP contribution in [-0.4, -0.2) is 65.3 Å². The van der Waals surface area contributed by atoms with Crippen LogP contribution in [0.1, 0.15) is 29.6 Å². The summed E-state index contributed by atoms with van der Waals surface area (Å²) >= 11 is 0. The largest absolute Gasteiger partial charge is 0.338 e. The lowest BCUT2D eigenvalue weighted by molar-refractivity contribution is -0.384. The average molecular weight is 383 g/mol. The molecule has 2 saturated heterocycles. The number of hydrogen-bond acceptors (Lipinski definition) is 5. The van der Waals surface area contributed by atoms with Gasteiger partial charge in [-0.25, -0.2) is 0 Å². The van der Waals surface area contributed by atoms with Gasteiger partial charge in [-0.15, -0.1) is 12.4 Å². The lowest BCUT2D eigenvalue weighted by atomic mass is 10.0. The highest BCUT2D eigenvalue weighted by Gasteiger charge is 2.29. The molecule has 2 heterocycles. The van der Waals surface area contributed by atoms with Crippen molar-refractivity contribution in [2.24, 2.45) is 0 Å². The molecule has 2 aliphatic rings. The Morgan fingerprint density at radius 3 is 2.19 bits per heavy atom. The van der Waals surface area contributed by atoms with E-state index in [4.69, 9.17) is 0 Å². The van der Waals surface area contributed by atoms with Crippen molar-refractivity contribution in [3.8, 4) is 0 Å². The third-order valence-electron chi connectivity index (χ3n) is 4.81. The molecule has 3 rings (SSSR count). The monoisotopic (exact) mass is 382 g/mol. The molecule has 142 valence electrons. The number of amides is 2. The maximum Gasteiger partial charge on any atom is 0.269 e. The fourth-order valence-corrected chi connectivity index (χ4v) is 3.32. The van der Waals surface area contributed by atoms with Gasteiger partial charge in [0.15, 0.2) is 0 Å². The van der Waals surface area contributed by atoms with Gasteiger partial charge in [0.1, 0.15) is 0 Å². The summed E-state index contributed by atoms with van der Waals surface area (Å²) in [7, 11) is 0. The van der Waals surface area contributed by atoms with Crippen LogP contribution in [0.25, 0.3) is 0 Å². The molecule has 0 spiro atoms. The number of nitro benzene ring substituents is 1. The van der Waals surface area contributed by atoms with Crippen molar-refractivity contribution in [3.63, 3.8) is 0 Å². The summed E-state index contributed by atoms with van der Waals surface area (Å²) in [6.07, 6.45) is 3.06. The lowest BCUT2D eigenvalue weighted by Gasteiger charge is -2.37. The maximum atomic E-state index is 12.5. The number of carbonyl (C=O) groups is 2. The molecule has 2 aliphatic heterocycles. The first-order chi connectivity index (χ1) is 12.1. The third kappa shape index (κ3) is 4.50. The molecule has 8 nitrogen and oxygen atoms in total.